The molecule has 190 valence electrons. The summed E-state index contributed by atoms with van der Waals surface area (Å²) in [5.41, 5.74) is 1.98. The van der Waals surface area contributed by atoms with Crippen LogP contribution in [-0.2, 0) is 20.9 Å². The second-order valence-electron chi connectivity index (χ2n) is 9.60. The zero-order chi connectivity index (χ0) is 24.9. The molecule has 1 aromatic carbocycles. The molecule has 2 fully saturated rings. The normalized spacial score (nSPS) is 18.9. The first-order valence-electron chi connectivity index (χ1n) is 12.7. The minimum absolute atomic E-state index is 0.0949. The summed E-state index contributed by atoms with van der Waals surface area (Å²) in [5, 5.41) is 17.8. The van der Waals surface area contributed by atoms with Crippen molar-refractivity contribution in [3.63, 3.8) is 0 Å². The van der Waals surface area contributed by atoms with E-state index in [1.54, 1.807) is 4.90 Å². The van der Waals surface area contributed by atoms with Crippen LogP contribution in [0.1, 0.15) is 55.0 Å². The molecular formula is C26H32N6O3S. The van der Waals surface area contributed by atoms with Gasteiger partial charge in [-0.3, -0.25) is 9.59 Å². The summed E-state index contributed by atoms with van der Waals surface area (Å²) in [6.45, 7) is 2.93. The average molecular weight is 509 g/mol. The van der Waals surface area contributed by atoms with E-state index >= 15 is 0 Å². The van der Waals surface area contributed by atoms with Crippen molar-refractivity contribution < 1.29 is 14.3 Å². The van der Waals surface area contributed by atoms with E-state index in [4.69, 9.17) is 4.74 Å². The molecule has 1 saturated carbocycles. The van der Waals surface area contributed by atoms with Crippen LogP contribution in [0.4, 0.5) is 0 Å². The maximum atomic E-state index is 13.7. The Morgan fingerprint density at radius 3 is 2.67 bits per heavy atom. The number of aromatic nitrogens is 4. The van der Waals surface area contributed by atoms with Gasteiger partial charge in [-0.25, -0.2) is 0 Å². The first-order chi connectivity index (χ1) is 17.6. The number of hydrogen-bond donors (Lipinski definition) is 1. The number of benzene rings is 1. The maximum absolute atomic E-state index is 13.7. The largest absolute Gasteiger partial charge is 0.376 e. The first-order valence-corrected chi connectivity index (χ1v) is 13.5. The molecule has 2 aliphatic rings. The van der Waals surface area contributed by atoms with Crippen molar-refractivity contribution in [2.24, 2.45) is 0 Å². The van der Waals surface area contributed by atoms with E-state index in [0.717, 1.165) is 54.5 Å². The number of rotatable bonds is 9. The highest BCUT2D eigenvalue weighted by Gasteiger charge is 2.36. The predicted octanol–water partition coefficient (Wildman–Crippen LogP) is 3.52. The molecule has 0 radical (unpaired) electrons. The lowest BCUT2D eigenvalue weighted by molar-refractivity contribution is -0.143. The van der Waals surface area contributed by atoms with E-state index < -0.39 is 6.04 Å². The third-order valence-corrected chi connectivity index (χ3v) is 7.78. The van der Waals surface area contributed by atoms with Gasteiger partial charge < -0.3 is 15.0 Å². The van der Waals surface area contributed by atoms with E-state index in [0.29, 0.717) is 19.0 Å². The number of tetrazole rings is 1. The molecule has 3 aromatic rings. The first kappa shape index (κ1) is 24.6. The molecule has 2 atom stereocenters. The van der Waals surface area contributed by atoms with Gasteiger partial charge in [-0.1, -0.05) is 48.7 Å². The van der Waals surface area contributed by atoms with Crippen molar-refractivity contribution in [1.29, 1.82) is 0 Å². The summed E-state index contributed by atoms with van der Waals surface area (Å²) < 4.78 is 5.86. The van der Waals surface area contributed by atoms with Crippen LogP contribution in [-0.4, -0.2) is 62.2 Å². The molecule has 5 rings (SSSR count). The molecule has 1 aliphatic carbocycles. The molecule has 2 amide bonds. The minimum atomic E-state index is -0.720. The number of nitrogens with one attached hydrogen (secondary N) is 1. The Morgan fingerprint density at radius 1 is 1.17 bits per heavy atom. The lowest BCUT2D eigenvalue weighted by Crippen LogP contribution is -2.49. The Kier molecular flexibility index (Phi) is 7.72. The fraction of sp³-hybridized carbons (Fsp3) is 0.500. The standard InChI is InChI=1S/C26H32N6O3S/c1-18-10-12-19(13-11-18)25-28-30-32(29-25)17-23(33)31(16-21-8-4-14-35-21)24(22-9-5-15-36-22)26(34)27-20-6-2-3-7-20/h5,9-13,15,20-21,24H,2-4,6-8,14,16-17H2,1H3,(H,27,34)/t21-,24-/m1/s1. The SMILES string of the molecule is Cc1ccc(-c2nnn(CC(=O)N(C[C@H]3CCCO3)[C@@H](C(=O)NC3CCCC3)c3cccs3)n2)cc1. The quantitative estimate of drug-likeness (QED) is 0.475. The van der Waals surface area contributed by atoms with Crippen LogP contribution in [0.25, 0.3) is 11.4 Å². The Morgan fingerprint density at radius 2 is 1.97 bits per heavy atom. The molecule has 0 unspecified atom stereocenters. The van der Waals surface area contributed by atoms with Crippen molar-refractivity contribution >= 4 is 23.2 Å². The second-order valence-corrected chi connectivity index (χ2v) is 10.6. The highest BCUT2D eigenvalue weighted by Crippen LogP contribution is 2.29. The average Bonchev–Trinajstić information content (AvgIpc) is 3.68. The highest BCUT2D eigenvalue weighted by atomic mass is 32.1. The van der Waals surface area contributed by atoms with Gasteiger partial charge in [-0.05, 0) is 49.3 Å². The Bertz CT molecular complexity index is 1150. The lowest BCUT2D eigenvalue weighted by Gasteiger charge is -2.32. The molecule has 1 saturated heterocycles. The van der Waals surface area contributed by atoms with Gasteiger partial charge in [-0.2, -0.15) is 4.80 Å². The summed E-state index contributed by atoms with van der Waals surface area (Å²) in [5.74, 6) is 0.0863. The summed E-state index contributed by atoms with van der Waals surface area (Å²) in [6.07, 6.45) is 5.92. The van der Waals surface area contributed by atoms with Gasteiger partial charge in [0.2, 0.25) is 17.6 Å². The number of amides is 2. The van der Waals surface area contributed by atoms with Gasteiger partial charge in [0.1, 0.15) is 12.6 Å². The molecule has 1 aliphatic heterocycles. The molecule has 10 heteroatoms. The highest BCUT2D eigenvalue weighted by molar-refractivity contribution is 7.10. The van der Waals surface area contributed by atoms with Gasteiger partial charge in [0, 0.05) is 29.6 Å². The van der Waals surface area contributed by atoms with Gasteiger partial charge in [0.25, 0.3) is 0 Å². The topological polar surface area (TPSA) is 102 Å². The summed E-state index contributed by atoms with van der Waals surface area (Å²) in [6, 6.07) is 11.1. The van der Waals surface area contributed by atoms with E-state index in [2.05, 4.69) is 20.7 Å². The van der Waals surface area contributed by atoms with Gasteiger partial charge >= 0.3 is 0 Å². The van der Waals surface area contributed by atoms with E-state index in [1.165, 1.54) is 16.1 Å². The van der Waals surface area contributed by atoms with Crippen LogP contribution >= 0.6 is 11.3 Å². The number of nitrogens with zero attached hydrogens (tertiary/aromatic N) is 5. The van der Waals surface area contributed by atoms with Crippen LogP contribution in [0.15, 0.2) is 41.8 Å². The van der Waals surface area contributed by atoms with Gasteiger partial charge in [-0.15, -0.1) is 21.5 Å². The second kappa shape index (κ2) is 11.3. The molecule has 0 spiro atoms. The van der Waals surface area contributed by atoms with Crippen molar-refractivity contribution in [3.05, 3.63) is 52.2 Å². The van der Waals surface area contributed by atoms with Crippen LogP contribution < -0.4 is 5.32 Å². The minimum Gasteiger partial charge on any atom is -0.376 e. The number of aryl methyl sites for hydroxylation is 1. The zero-order valence-corrected chi connectivity index (χ0v) is 21.3. The molecule has 3 heterocycles. The number of hydrogen-bond acceptors (Lipinski definition) is 7. The third kappa shape index (κ3) is 5.82. The van der Waals surface area contributed by atoms with Crippen molar-refractivity contribution in [1.82, 2.24) is 30.4 Å². The smallest absolute Gasteiger partial charge is 0.248 e. The van der Waals surface area contributed by atoms with E-state index in [-0.39, 0.29) is 30.5 Å². The van der Waals surface area contributed by atoms with Gasteiger partial charge in [0.15, 0.2) is 0 Å². The number of ether oxygens (including phenoxy) is 1. The van der Waals surface area contributed by atoms with E-state index in [9.17, 15) is 9.59 Å². The van der Waals surface area contributed by atoms with Crippen molar-refractivity contribution in [3.8, 4) is 11.4 Å². The van der Waals surface area contributed by atoms with Crippen LogP contribution in [0.5, 0.6) is 0 Å². The Labute approximate surface area is 214 Å². The lowest BCUT2D eigenvalue weighted by atomic mass is 10.1. The summed E-state index contributed by atoms with van der Waals surface area (Å²) in [7, 11) is 0. The van der Waals surface area contributed by atoms with Gasteiger partial charge in [0.05, 0.1) is 6.10 Å². The van der Waals surface area contributed by atoms with E-state index in [1.807, 2.05) is 48.7 Å². The Balaban J connectivity index is 1.38. The molecule has 36 heavy (non-hydrogen) atoms. The molecule has 1 N–H and O–H groups in total. The molecule has 9 nitrogen and oxygen atoms in total. The molecule has 2 aromatic heterocycles. The maximum Gasteiger partial charge on any atom is 0.248 e. The zero-order valence-electron chi connectivity index (χ0n) is 20.5. The number of thiophene rings is 1. The Hall–Kier alpha value is -3.11. The summed E-state index contributed by atoms with van der Waals surface area (Å²) >= 11 is 1.48. The van der Waals surface area contributed by atoms with Crippen molar-refractivity contribution in [2.45, 2.75) is 70.2 Å². The molecule has 0 bridgehead atoms. The number of carbonyl (C=O) groups excluding carboxylic acids is 2. The molecular weight excluding hydrogens is 476 g/mol. The summed E-state index contributed by atoms with van der Waals surface area (Å²) in [4.78, 5) is 31.1. The number of carbonyl (C=O) groups is 2. The van der Waals surface area contributed by atoms with Crippen LogP contribution in [0, 0.1) is 6.92 Å². The fourth-order valence-electron chi connectivity index (χ4n) is 4.92. The fourth-order valence-corrected chi connectivity index (χ4v) is 5.76. The monoisotopic (exact) mass is 508 g/mol. The van der Waals surface area contributed by atoms with Crippen LogP contribution in [0.2, 0.25) is 0 Å². The van der Waals surface area contributed by atoms with Crippen molar-refractivity contribution in [2.75, 3.05) is 13.2 Å². The van der Waals surface area contributed by atoms with Crippen LogP contribution in [0.3, 0.4) is 0 Å². The third-order valence-electron chi connectivity index (χ3n) is 6.86. The predicted molar refractivity (Wildman–Crippen MR) is 136 cm³/mol.